The van der Waals surface area contributed by atoms with Crippen LogP contribution in [-0.4, -0.2) is 19.1 Å². The number of hydrogen-bond acceptors (Lipinski definition) is 2. The Balaban J connectivity index is 2.32. The third-order valence-corrected chi connectivity index (χ3v) is 2.84. The van der Waals surface area contributed by atoms with Gasteiger partial charge >= 0.3 is 6.03 Å². The Kier molecular flexibility index (Phi) is 2.33. The molecule has 1 fully saturated rings. The Morgan fingerprint density at radius 2 is 2.29 bits per heavy atom. The van der Waals surface area contributed by atoms with Crippen LogP contribution in [0, 0.1) is 0 Å². The van der Waals surface area contributed by atoms with E-state index in [1.54, 1.807) is 11.0 Å². The molecule has 1 heterocycles. The molecule has 0 saturated carbocycles. The standard InChI is InChI=1S/C9H10BrN3O/c10-7-5-6(1-2-8(7)11)13-4-3-12-9(13)14/h1-2,5H,3-4,11H2,(H,12,14). The highest BCUT2D eigenvalue weighted by atomic mass is 79.9. The predicted molar refractivity (Wildman–Crippen MR) is 59.3 cm³/mol. The van der Waals surface area contributed by atoms with Crippen LogP contribution in [-0.2, 0) is 0 Å². The van der Waals surface area contributed by atoms with E-state index in [2.05, 4.69) is 21.2 Å². The number of halogens is 1. The first-order chi connectivity index (χ1) is 6.68. The number of amides is 2. The monoisotopic (exact) mass is 255 g/mol. The maximum absolute atomic E-state index is 11.3. The molecule has 74 valence electrons. The number of carbonyl (C=O) groups is 1. The van der Waals surface area contributed by atoms with E-state index in [1.807, 2.05) is 12.1 Å². The number of nitrogens with zero attached hydrogens (tertiary/aromatic N) is 1. The minimum absolute atomic E-state index is 0.0540. The van der Waals surface area contributed by atoms with Crippen LogP contribution in [0.3, 0.4) is 0 Å². The number of urea groups is 1. The molecule has 0 aliphatic carbocycles. The number of nitrogens with one attached hydrogen (secondary N) is 1. The highest BCUT2D eigenvalue weighted by Gasteiger charge is 2.21. The molecule has 0 bridgehead atoms. The van der Waals surface area contributed by atoms with Crippen LogP contribution in [0.2, 0.25) is 0 Å². The molecule has 2 rings (SSSR count). The summed E-state index contributed by atoms with van der Waals surface area (Å²) < 4.78 is 0.815. The Hall–Kier alpha value is -1.23. The van der Waals surface area contributed by atoms with Crippen LogP contribution >= 0.6 is 15.9 Å². The normalized spacial score (nSPS) is 15.8. The van der Waals surface area contributed by atoms with Gasteiger partial charge in [0.2, 0.25) is 0 Å². The van der Waals surface area contributed by atoms with Gasteiger partial charge in [0.25, 0.3) is 0 Å². The van der Waals surface area contributed by atoms with Crippen molar-refractivity contribution < 1.29 is 4.79 Å². The van der Waals surface area contributed by atoms with Gasteiger partial charge < -0.3 is 11.1 Å². The lowest BCUT2D eigenvalue weighted by Gasteiger charge is -2.14. The van der Waals surface area contributed by atoms with Gasteiger partial charge in [0, 0.05) is 28.9 Å². The van der Waals surface area contributed by atoms with Gasteiger partial charge in [-0.25, -0.2) is 4.79 Å². The molecule has 3 N–H and O–H groups in total. The van der Waals surface area contributed by atoms with Crippen LogP contribution in [0.25, 0.3) is 0 Å². The molecule has 14 heavy (non-hydrogen) atoms. The van der Waals surface area contributed by atoms with Crippen molar-refractivity contribution in [3.05, 3.63) is 22.7 Å². The summed E-state index contributed by atoms with van der Waals surface area (Å²) in [5, 5.41) is 2.74. The van der Waals surface area contributed by atoms with Crippen LogP contribution in [0.5, 0.6) is 0 Å². The lowest BCUT2D eigenvalue weighted by molar-refractivity contribution is 0.252. The summed E-state index contributed by atoms with van der Waals surface area (Å²) in [5.41, 5.74) is 7.19. The van der Waals surface area contributed by atoms with Gasteiger partial charge in [-0.2, -0.15) is 0 Å². The lowest BCUT2D eigenvalue weighted by atomic mass is 10.2. The van der Waals surface area contributed by atoms with Gasteiger partial charge in [0.05, 0.1) is 0 Å². The van der Waals surface area contributed by atoms with E-state index < -0.39 is 0 Å². The predicted octanol–water partition coefficient (Wildman–Crippen LogP) is 1.56. The minimum Gasteiger partial charge on any atom is -0.398 e. The molecule has 0 radical (unpaired) electrons. The Labute approximate surface area is 90.2 Å². The van der Waals surface area contributed by atoms with Gasteiger partial charge in [-0.1, -0.05) is 0 Å². The average molecular weight is 256 g/mol. The van der Waals surface area contributed by atoms with Gasteiger partial charge in [-0.15, -0.1) is 0 Å². The first kappa shape index (κ1) is 9.33. The van der Waals surface area contributed by atoms with Crippen molar-refractivity contribution in [2.24, 2.45) is 0 Å². The summed E-state index contributed by atoms with van der Waals surface area (Å²) >= 11 is 3.33. The minimum atomic E-state index is -0.0540. The molecule has 4 nitrogen and oxygen atoms in total. The molecule has 1 saturated heterocycles. The first-order valence-corrected chi connectivity index (χ1v) is 5.08. The number of nitrogens with two attached hydrogens (primary N) is 1. The SMILES string of the molecule is Nc1ccc(N2CCNC2=O)cc1Br. The van der Waals surface area contributed by atoms with Gasteiger partial charge in [-0.05, 0) is 34.1 Å². The summed E-state index contributed by atoms with van der Waals surface area (Å²) in [6.07, 6.45) is 0. The number of anilines is 2. The molecular formula is C9H10BrN3O. The smallest absolute Gasteiger partial charge is 0.321 e. The molecule has 0 spiro atoms. The van der Waals surface area contributed by atoms with E-state index in [0.717, 1.165) is 10.2 Å². The van der Waals surface area contributed by atoms with Crippen molar-refractivity contribution in [1.29, 1.82) is 0 Å². The highest BCUT2D eigenvalue weighted by Crippen LogP contribution is 2.26. The maximum atomic E-state index is 11.3. The fourth-order valence-electron chi connectivity index (χ4n) is 1.40. The van der Waals surface area contributed by atoms with E-state index >= 15 is 0 Å². The Bertz CT molecular complexity index is 380. The summed E-state index contributed by atoms with van der Waals surface area (Å²) in [5.74, 6) is 0. The van der Waals surface area contributed by atoms with Crippen molar-refractivity contribution in [1.82, 2.24) is 5.32 Å². The zero-order chi connectivity index (χ0) is 10.1. The molecule has 0 unspecified atom stereocenters. The largest absolute Gasteiger partial charge is 0.398 e. The van der Waals surface area contributed by atoms with E-state index in [9.17, 15) is 4.79 Å². The fraction of sp³-hybridized carbons (Fsp3) is 0.222. The number of benzene rings is 1. The quantitative estimate of drug-likeness (QED) is 0.749. The number of rotatable bonds is 1. The van der Waals surface area contributed by atoms with Crippen molar-refractivity contribution in [2.75, 3.05) is 23.7 Å². The van der Waals surface area contributed by atoms with Crippen molar-refractivity contribution in [2.45, 2.75) is 0 Å². The van der Waals surface area contributed by atoms with Crippen molar-refractivity contribution in [3.63, 3.8) is 0 Å². The van der Waals surface area contributed by atoms with Gasteiger partial charge in [0.15, 0.2) is 0 Å². The van der Waals surface area contributed by atoms with Crippen LogP contribution in [0.1, 0.15) is 0 Å². The summed E-state index contributed by atoms with van der Waals surface area (Å²) in [6.45, 7) is 1.40. The zero-order valence-electron chi connectivity index (χ0n) is 7.46. The first-order valence-electron chi connectivity index (χ1n) is 4.29. The number of nitrogen functional groups attached to an aromatic ring is 1. The summed E-state index contributed by atoms with van der Waals surface area (Å²) in [7, 11) is 0. The van der Waals surface area contributed by atoms with Gasteiger partial charge in [-0.3, -0.25) is 4.90 Å². The second-order valence-electron chi connectivity index (χ2n) is 3.09. The number of carbonyl (C=O) groups excluding carboxylic acids is 1. The third-order valence-electron chi connectivity index (χ3n) is 2.15. The molecule has 0 atom stereocenters. The fourth-order valence-corrected chi connectivity index (χ4v) is 1.77. The van der Waals surface area contributed by atoms with E-state index in [4.69, 9.17) is 5.73 Å². The Morgan fingerprint density at radius 1 is 1.50 bits per heavy atom. The van der Waals surface area contributed by atoms with Gasteiger partial charge in [0.1, 0.15) is 0 Å². The number of hydrogen-bond donors (Lipinski definition) is 2. The summed E-state index contributed by atoms with van der Waals surface area (Å²) in [6, 6.07) is 5.41. The summed E-state index contributed by atoms with van der Waals surface area (Å²) in [4.78, 5) is 13.0. The molecule has 1 aliphatic heterocycles. The highest BCUT2D eigenvalue weighted by molar-refractivity contribution is 9.10. The maximum Gasteiger partial charge on any atom is 0.321 e. The molecule has 2 amide bonds. The molecule has 5 heteroatoms. The molecule has 1 aliphatic rings. The molecular weight excluding hydrogens is 246 g/mol. The third kappa shape index (κ3) is 1.55. The zero-order valence-corrected chi connectivity index (χ0v) is 9.04. The van der Waals surface area contributed by atoms with E-state index in [-0.39, 0.29) is 6.03 Å². The van der Waals surface area contributed by atoms with Crippen LogP contribution in [0.4, 0.5) is 16.2 Å². The topological polar surface area (TPSA) is 58.4 Å². The lowest BCUT2D eigenvalue weighted by Crippen LogP contribution is -2.27. The van der Waals surface area contributed by atoms with Crippen LogP contribution < -0.4 is 16.0 Å². The molecule has 1 aromatic rings. The molecule has 1 aromatic carbocycles. The van der Waals surface area contributed by atoms with E-state index in [0.29, 0.717) is 18.8 Å². The average Bonchev–Trinajstić information content (AvgIpc) is 2.57. The van der Waals surface area contributed by atoms with Crippen molar-refractivity contribution >= 4 is 33.3 Å². The Morgan fingerprint density at radius 3 is 2.86 bits per heavy atom. The van der Waals surface area contributed by atoms with Crippen molar-refractivity contribution in [3.8, 4) is 0 Å². The van der Waals surface area contributed by atoms with E-state index in [1.165, 1.54) is 0 Å². The molecule has 0 aromatic heterocycles. The second kappa shape index (κ2) is 3.49. The second-order valence-corrected chi connectivity index (χ2v) is 3.94. The van der Waals surface area contributed by atoms with Crippen LogP contribution in [0.15, 0.2) is 22.7 Å².